The minimum atomic E-state index is -3.89. The lowest BCUT2D eigenvalue weighted by atomic mass is 10.1. The smallest absolute Gasteiger partial charge is 0.262 e. The van der Waals surface area contributed by atoms with Gasteiger partial charge < -0.3 is 4.90 Å². The van der Waals surface area contributed by atoms with Gasteiger partial charge in [0, 0.05) is 32.8 Å². The summed E-state index contributed by atoms with van der Waals surface area (Å²) in [7, 11) is 1.51. The average Bonchev–Trinajstić information content (AvgIpc) is 2.78. The molecule has 4 nitrogen and oxygen atoms in total. The second kappa shape index (κ2) is 6.26. The Kier molecular flexibility index (Phi) is 5.00. The van der Waals surface area contributed by atoms with Crippen molar-refractivity contribution in [2.45, 2.75) is 50.1 Å². The van der Waals surface area contributed by atoms with Gasteiger partial charge in [-0.05, 0) is 60.3 Å². The summed E-state index contributed by atoms with van der Waals surface area (Å²) in [4.78, 5) is 14.5. The molecule has 0 aromatic heterocycles. The van der Waals surface area contributed by atoms with Crippen molar-refractivity contribution in [3.05, 3.63) is 28.2 Å². The van der Waals surface area contributed by atoms with Gasteiger partial charge >= 0.3 is 0 Å². The van der Waals surface area contributed by atoms with Crippen LogP contribution < -0.4 is 0 Å². The van der Waals surface area contributed by atoms with E-state index < -0.39 is 9.05 Å². The lowest BCUT2D eigenvalue weighted by Gasteiger charge is -2.28. The zero-order valence-corrected chi connectivity index (χ0v) is 15.0. The van der Waals surface area contributed by atoms with E-state index in [1.807, 2.05) is 11.8 Å². The van der Waals surface area contributed by atoms with Crippen LogP contribution in [0.1, 0.15) is 43.5 Å². The summed E-state index contributed by atoms with van der Waals surface area (Å²) < 4.78 is 23.4. The first-order valence-electron chi connectivity index (χ1n) is 6.82. The van der Waals surface area contributed by atoms with Gasteiger partial charge in [0.1, 0.15) is 0 Å². The maximum atomic E-state index is 12.7. The minimum absolute atomic E-state index is 0.0742. The highest BCUT2D eigenvalue weighted by Gasteiger charge is 2.34. The number of carbonyl (C=O) groups is 1. The summed E-state index contributed by atoms with van der Waals surface area (Å²) in [5, 5.41) is 0. The van der Waals surface area contributed by atoms with Crippen LogP contribution in [0.25, 0.3) is 0 Å². The summed E-state index contributed by atoms with van der Waals surface area (Å²) >= 11 is 3.15. The molecule has 1 heterocycles. The monoisotopic (exact) mass is 393 g/mol. The van der Waals surface area contributed by atoms with E-state index >= 15 is 0 Å². The normalized spacial score (nSPS) is 22.6. The van der Waals surface area contributed by atoms with Crippen molar-refractivity contribution in [3.63, 3.8) is 0 Å². The number of amides is 1. The fraction of sp³-hybridized carbons (Fsp3) is 0.500. The number of hydrogen-bond donors (Lipinski definition) is 0. The molecule has 0 bridgehead atoms. The second-order valence-corrected chi connectivity index (χ2v) is 8.67. The van der Waals surface area contributed by atoms with Gasteiger partial charge in [0.25, 0.3) is 15.0 Å². The number of hydrogen-bond acceptors (Lipinski definition) is 3. The molecule has 1 aromatic rings. The van der Waals surface area contributed by atoms with Crippen LogP contribution in [-0.2, 0) is 9.05 Å². The van der Waals surface area contributed by atoms with Crippen LogP contribution in [0.3, 0.4) is 0 Å². The number of nitrogens with zero attached hydrogens (tertiary/aromatic N) is 1. The Hall–Kier alpha value is -0.590. The fourth-order valence-corrected chi connectivity index (χ4v) is 4.93. The molecule has 0 N–H and O–H groups in total. The average molecular weight is 395 g/mol. The molecule has 116 valence electrons. The quantitative estimate of drug-likeness (QED) is 0.733. The topological polar surface area (TPSA) is 54.5 Å². The number of likely N-dealkylation sites (tertiary alicyclic amines) is 1. The molecule has 1 aliphatic rings. The molecule has 7 heteroatoms. The Balaban J connectivity index is 2.40. The predicted octanol–water partition coefficient (Wildman–Crippen LogP) is 3.78. The number of halogens is 2. The molecule has 2 unspecified atom stereocenters. The molecule has 1 amide bonds. The second-order valence-electron chi connectivity index (χ2n) is 5.28. The van der Waals surface area contributed by atoms with Crippen molar-refractivity contribution in [1.29, 1.82) is 0 Å². The van der Waals surface area contributed by atoms with E-state index in [1.54, 1.807) is 12.1 Å². The van der Waals surface area contributed by atoms with Crippen molar-refractivity contribution in [2.24, 2.45) is 0 Å². The largest absolute Gasteiger partial charge is 0.333 e. The minimum Gasteiger partial charge on any atom is -0.333 e. The standard InChI is InChI=1S/C14H17BrClNO3S/c1-3-11-6-4-9(2)17(11)14(18)10-5-7-12(15)13(8-10)21(16,19)20/h5,7-9,11H,3-4,6H2,1-2H3. The van der Waals surface area contributed by atoms with Crippen LogP contribution in [-0.4, -0.2) is 31.3 Å². The summed E-state index contributed by atoms with van der Waals surface area (Å²) in [6, 6.07) is 4.89. The third-order valence-corrected chi connectivity index (χ3v) is 6.25. The maximum Gasteiger partial charge on any atom is 0.262 e. The Bertz CT molecular complexity index is 662. The molecule has 0 spiro atoms. The van der Waals surface area contributed by atoms with Crippen LogP contribution in [0.2, 0.25) is 0 Å². The summed E-state index contributed by atoms with van der Waals surface area (Å²) in [5.74, 6) is -0.138. The number of carbonyl (C=O) groups excluding carboxylic acids is 1. The van der Waals surface area contributed by atoms with Crippen molar-refractivity contribution in [3.8, 4) is 0 Å². The van der Waals surface area contributed by atoms with E-state index in [1.165, 1.54) is 6.07 Å². The van der Waals surface area contributed by atoms with Gasteiger partial charge in [-0.1, -0.05) is 6.92 Å². The molecule has 1 fully saturated rings. The van der Waals surface area contributed by atoms with E-state index in [4.69, 9.17) is 10.7 Å². The van der Waals surface area contributed by atoms with E-state index in [0.717, 1.165) is 19.3 Å². The molecule has 1 aliphatic heterocycles. The van der Waals surface area contributed by atoms with E-state index in [9.17, 15) is 13.2 Å². The molecule has 2 rings (SSSR count). The molecular formula is C14H17BrClNO3S. The molecule has 0 aliphatic carbocycles. The molecule has 1 aromatic carbocycles. The number of benzene rings is 1. The maximum absolute atomic E-state index is 12.7. The Labute approximate surface area is 138 Å². The lowest BCUT2D eigenvalue weighted by molar-refractivity contribution is 0.0676. The van der Waals surface area contributed by atoms with Crippen molar-refractivity contribution in [1.82, 2.24) is 4.90 Å². The van der Waals surface area contributed by atoms with Gasteiger partial charge in [-0.2, -0.15) is 0 Å². The van der Waals surface area contributed by atoms with Gasteiger partial charge in [-0.3, -0.25) is 4.79 Å². The molecule has 21 heavy (non-hydrogen) atoms. The molecule has 0 radical (unpaired) electrons. The summed E-state index contributed by atoms with van der Waals surface area (Å²) in [6.45, 7) is 4.07. The Morgan fingerprint density at radius 3 is 2.67 bits per heavy atom. The van der Waals surface area contributed by atoms with Gasteiger partial charge in [-0.25, -0.2) is 8.42 Å². The lowest BCUT2D eigenvalue weighted by Crippen LogP contribution is -2.39. The fourth-order valence-electron chi connectivity index (χ4n) is 2.81. The van der Waals surface area contributed by atoms with Gasteiger partial charge in [0.05, 0.1) is 4.90 Å². The molecule has 2 atom stereocenters. The Morgan fingerprint density at radius 1 is 1.43 bits per heavy atom. The van der Waals surface area contributed by atoms with E-state index in [2.05, 4.69) is 22.9 Å². The third-order valence-electron chi connectivity index (χ3n) is 3.93. The first-order chi connectivity index (χ1) is 9.75. The highest BCUT2D eigenvalue weighted by Crippen LogP contribution is 2.30. The van der Waals surface area contributed by atoms with Gasteiger partial charge in [0.15, 0.2) is 0 Å². The van der Waals surface area contributed by atoms with Crippen molar-refractivity contribution < 1.29 is 13.2 Å². The summed E-state index contributed by atoms with van der Waals surface area (Å²) in [5.41, 5.74) is 0.352. The zero-order chi connectivity index (χ0) is 15.8. The van der Waals surface area contributed by atoms with E-state index in [0.29, 0.717) is 10.0 Å². The molecular weight excluding hydrogens is 378 g/mol. The Morgan fingerprint density at radius 2 is 2.10 bits per heavy atom. The predicted molar refractivity (Wildman–Crippen MR) is 86.1 cm³/mol. The molecule has 1 saturated heterocycles. The zero-order valence-electron chi connectivity index (χ0n) is 11.8. The van der Waals surface area contributed by atoms with Gasteiger partial charge in [0.2, 0.25) is 0 Å². The van der Waals surface area contributed by atoms with E-state index in [-0.39, 0.29) is 22.9 Å². The van der Waals surface area contributed by atoms with Crippen LogP contribution in [0.4, 0.5) is 0 Å². The van der Waals surface area contributed by atoms with Crippen LogP contribution in [0, 0.1) is 0 Å². The van der Waals surface area contributed by atoms with Crippen LogP contribution >= 0.6 is 26.6 Å². The third kappa shape index (κ3) is 3.43. The van der Waals surface area contributed by atoms with Gasteiger partial charge in [-0.15, -0.1) is 0 Å². The highest BCUT2D eigenvalue weighted by atomic mass is 79.9. The first-order valence-corrected chi connectivity index (χ1v) is 9.92. The van der Waals surface area contributed by atoms with Crippen molar-refractivity contribution >= 4 is 41.6 Å². The molecule has 0 saturated carbocycles. The number of rotatable bonds is 3. The SMILES string of the molecule is CCC1CCC(C)N1C(=O)c1ccc(Br)c(S(=O)(=O)Cl)c1. The van der Waals surface area contributed by atoms with Crippen molar-refractivity contribution in [2.75, 3.05) is 0 Å². The first kappa shape index (κ1) is 16.8. The van der Waals surface area contributed by atoms with Crippen LogP contribution in [0.5, 0.6) is 0 Å². The highest BCUT2D eigenvalue weighted by molar-refractivity contribution is 9.10. The van der Waals surface area contributed by atoms with Crippen LogP contribution in [0.15, 0.2) is 27.6 Å². The summed E-state index contributed by atoms with van der Waals surface area (Å²) in [6.07, 6.45) is 2.86.